The second-order valence-corrected chi connectivity index (χ2v) is 17.5. The Balaban J connectivity index is 1.27. The highest BCUT2D eigenvalue weighted by Crippen LogP contribution is 2.47. The zero-order valence-corrected chi connectivity index (χ0v) is 30.4. The van der Waals surface area contributed by atoms with Crippen LogP contribution in [0.5, 0.6) is 5.75 Å². The zero-order chi connectivity index (χ0) is 34.3. The number of halogens is 1. The fraction of sp³-hybridized carbons (Fsp3) is 0.579. The Hall–Kier alpha value is -3.08. The van der Waals surface area contributed by atoms with Crippen LogP contribution in [-0.2, 0) is 26.5 Å². The van der Waals surface area contributed by atoms with Crippen LogP contribution in [0.4, 0.5) is 10.5 Å². The van der Waals surface area contributed by atoms with Crippen molar-refractivity contribution in [2.45, 2.75) is 82.8 Å². The molecule has 2 fully saturated rings. The predicted octanol–water partition coefficient (Wildman–Crippen LogP) is 7.07. The van der Waals surface area contributed by atoms with E-state index in [1.807, 2.05) is 25.1 Å². The summed E-state index contributed by atoms with van der Waals surface area (Å²) in [6.45, 7) is 6.11. The third-order valence-corrected chi connectivity index (χ3v) is 13.8. The predicted molar refractivity (Wildman–Crippen MR) is 194 cm³/mol. The molecular weight excluding hydrogens is 660 g/mol. The van der Waals surface area contributed by atoms with E-state index in [1.54, 1.807) is 13.2 Å². The molecule has 2 bridgehead atoms. The van der Waals surface area contributed by atoms with Crippen molar-refractivity contribution in [2.75, 3.05) is 37.5 Å². The van der Waals surface area contributed by atoms with Crippen LogP contribution in [0.3, 0.4) is 0 Å². The van der Waals surface area contributed by atoms with E-state index < -0.39 is 21.9 Å². The van der Waals surface area contributed by atoms with E-state index >= 15 is 0 Å². The van der Waals surface area contributed by atoms with E-state index in [4.69, 9.17) is 21.1 Å². The van der Waals surface area contributed by atoms with Gasteiger partial charge in [0.2, 0.25) is 0 Å². The number of methoxy groups -OCH3 is 1. The Bertz CT molecular complexity index is 1760. The van der Waals surface area contributed by atoms with E-state index in [-0.39, 0.29) is 29.2 Å². The summed E-state index contributed by atoms with van der Waals surface area (Å²) in [6.07, 6.45) is 11.9. The molecule has 3 amide bonds. The van der Waals surface area contributed by atoms with Crippen molar-refractivity contribution in [2.24, 2.45) is 28.0 Å². The minimum atomic E-state index is -3.44. The fourth-order valence-electron chi connectivity index (χ4n) is 8.59. The van der Waals surface area contributed by atoms with Gasteiger partial charge in [-0.05, 0) is 110 Å². The number of benzene rings is 2. The molecular formula is C38H49ClN4O5S. The first kappa shape index (κ1) is 34.4. The van der Waals surface area contributed by atoms with Crippen molar-refractivity contribution in [1.82, 2.24) is 10.0 Å². The number of ether oxygens (including phenoxy) is 2. The molecule has 2 heterocycles. The average molecular weight is 709 g/mol. The van der Waals surface area contributed by atoms with Crippen molar-refractivity contribution in [3.8, 4) is 5.75 Å². The molecule has 0 saturated heterocycles. The molecule has 9 nitrogen and oxygen atoms in total. The van der Waals surface area contributed by atoms with Gasteiger partial charge in [0.05, 0.1) is 24.2 Å². The van der Waals surface area contributed by atoms with Gasteiger partial charge in [-0.3, -0.25) is 9.52 Å². The first-order valence-electron chi connectivity index (χ1n) is 18.0. The van der Waals surface area contributed by atoms with Gasteiger partial charge in [-0.1, -0.05) is 50.1 Å². The van der Waals surface area contributed by atoms with Crippen LogP contribution in [0, 0.1) is 23.7 Å². The molecule has 2 aromatic carbocycles. The number of carbonyl (C=O) groups excluding carboxylic acids is 2. The number of allylic oxidation sites excluding steroid dienone is 1. The highest BCUT2D eigenvalue weighted by molar-refractivity contribution is 7.92. The normalized spacial score (nSPS) is 34.6. The third-order valence-electron chi connectivity index (χ3n) is 11.5. The molecule has 5 aliphatic rings. The second kappa shape index (κ2) is 13.9. The molecule has 3 aliphatic carbocycles. The molecule has 11 heteroatoms. The van der Waals surface area contributed by atoms with Crippen molar-refractivity contribution in [3.05, 3.63) is 70.3 Å². The zero-order valence-electron chi connectivity index (χ0n) is 28.8. The molecule has 264 valence electrons. The number of nitrogens with zero attached hydrogens (tertiary/aromatic N) is 2. The lowest BCUT2D eigenvalue weighted by atomic mass is 9.68. The first-order chi connectivity index (χ1) is 23.6. The molecule has 2 N–H and O–H groups in total. The smallest absolute Gasteiger partial charge is 0.327 e. The van der Waals surface area contributed by atoms with Crippen LogP contribution < -0.4 is 19.7 Å². The Morgan fingerprint density at radius 3 is 2.84 bits per heavy atom. The Morgan fingerprint density at radius 1 is 1.22 bits per heavy atom. The maximum atomic E-state index is 14.4. The van der Waals surface area contributed by atoms with E-state index in [0.29, 0.717) is 36.3 Å². The Morgan fingerprint density at radius 2 is 2.08 bits per heavy atom. The number of aryl methyl sites for hydroxylation is 1. The summed E-state index contributed by atoms with van der Waals surface area (Å²) >= 11 is 6.45. The summed E-state index contributed by atoms with van der Waals surface area (Å²) in [5, 5.41) is 3.67. The largest absolute Gasteiger partial charge is 0.490 e. The summed E-state index contributed by atoms with van der Waals surface area (Å²) in [4.78, 5) is 29.3. The summed E-state index contributed by atoms with van der Waals surface area (Å²) in [7, 11) is -1.67. The van der Waals surface area contributed by atoms with Crippen molar-refractivity contribution < 1.29 is 23.3 Å². The van der Waals surface area contributed by atoms with Crippen LogP contribution >= 0.6 is 11.6 Å². The highest BCUT2D eigenvalue weighted by Gasteiger charge is 2.44. The summed E-state index contributed by atoms with van der Waals surface area (Å²) in [5.74, 6) is 1.24. The van der Waals surface area contributed by atoms with Crippen LogP contribution in [0.15, 0.2) is 52.9 Å². The number of anilines is 1. The molecule has 7 rings (SSSR count). The first-order valence-corrected chi connectivity index (χ1v) is 20.0. The minimum absolute atomic E-state index is 0.0380. The Labute approximate surface area is 295 Å². The molecule has 2 unspecified atom stereocenters. The van der Waals surface area contributed by atoms with E-state index in [2.05, 4.69) is 50.5 Å². The molecule has 2 saturated carbocycles. The number of nitrogens with one attached hydrogen (secondary N) is 2. The number of fused-ring (bicyclic) bond motifs is 4. The van der Waals surface area contributed by atoms with Crippen molar-refractivity contribution in [3.63, 3.8) is 0 Å². The average Bonchev–Trinajstić information content (AvgIpc) is 3.83. The highest BCUT2D eigenvalue weighted by atomic mass is 35.5. The summed E-state index contributed by atoms with van der Waals surface area (Å²) in [5.41, 5.74) is 3.47. The molecule has 1 spiro atoms. The summed E-state index contributed by atoms with van der Waals surface area (Å²) < 4.78 is 34.0. The number of hydrogen-bond acceptors (Lipinski definition) is 6. The van der Waals surface area contributed by atoms with Crippen LogP contribution in [-0.4, -0.2) is 60.9 Å². The molecule has 0 radical (unpaired) electrons. The van der Waals surface area contributed by atoms with Gasteiger partial charge < -0.3 is 19.7 Å². The van der Waals surface area contributed by atoms with Gasteiger partial charge in [0.25, 0.3) is 5.91 Å². The lowest BCUT2D eigenvalue weighted by Crippen LogP contribution is -2.49. The van der Waals surface area contributed by atoms with Crippen LogP contribution in [0.2, 0.25) is 5.02 Å². The number of urea groups is 1. The quantitative estimate of drug-likeness (QED) is 0.329. The van der Waals surface area contributed by atoms with Gasteiger partial charge in [0.1, 0.15) is 15.7 Å². The van der Waals surface area contributed by atoms with Gasteiger partial charge in [0.15, 0.2) is 0 Å². The monoisotopic (exact) mass is 708 g/mol. The number of hydrogen-bond donors (Lipinski definition) is 2. The maximum Gasteiger partial charge on any atom is 0.327 e. The Kier molecular flexibility index (Phi) is 9.76. The standard InChI is InChI=1S/C38H49ClN4O5S/c1-4-25-18-32(25)40-37(45)42-49(46)21-24(2)7-5-9-34(47-3)30-13-10-28(30)20-43-22-38(16-6-8-26-17-29(39)12-14-31(26)38)23-48-35-15-11-27(19-33(35)43)36(44)41-49/h5,9,11-12,14-15,17,19,24-25,28,30,32,34H,4,6-8,10,13,16,18,20-23H2,1-3H3,(H2,40,41,42,44,45,46)/b9-5+/t24-,25+,28-,30+,32?,34-,38-,49?/m0/s1. The van der Waals surface area contributed by atoms with E-state index in [1.165, 1.54) is 11.1 Å². The third kappa shape index (κ3) is 7.24. The lowest BCUT2D eigenvalue weighted by molar-refractivity contribution is 0.0131. The fourth-order valence-corrected chi connectivity index (χ4v) is 10.6. The summed E-state index contributed by atoms with van der Waals surface area (Å²) in [6, 6.07) is 11.2. The van der Waals surface area contributed by atoms with Crippen molar-refractivity contribution >= 4 is 39.1 Å². The van der Waals surface area contributed by atoms with E-state index in [9.17, 15) is 13.8 Å². The number of amides is 3. The lowest BCUT2D eigenvalue weighted by Gasteiger charge is -2.46. The van der Waals surface area contributed by atoms with Gasteiger partial charge in [-0.2, -0.15) is 0 Å². The SMILES string of the molecule is CC[C@@H]1CC1NC(=O)NS1(=O)=NC(=O)c2ccc3c(c2)N(C[C@@H]2CC[C@H]2[C@@H](OC)/C=C/C[C@H](C)C1)C[C@@]1(CCCc2cc(Cl)ccc21)CO3. The van der Waals surface area contributed by atoms with E-state index in [0.717, 1.165) is 74.5 Å². The van der Waals surface area contributed by atoms with Gasteiger partial charge >= 0.3 is 6.03 Å². The molecule has 8 atom stereocenters. The molecule has 2 aliphatic heterocycles. The second-order valence-electron chi connectivity index (χ2n) is 15.0. The van der Waals surface area contributed by atoms with Gasteiger partial charge in [-0.15, -0.1) is 4.36 Å². The maximum absolute atomic E-state index is 14.4. The number of carbonyl (C=O) groups is 2. The molecule has 0 aromatic heterocycles. The topological polar surface area (TPSA) is 109 Å². The van der Waals surface area contributed by atoms with Gasteiger partial charge in [0, 0.05) is 42.2 Å². The molecule has 2 aromatic rings. The molecule has 49 heavy (non-hydrogen) atoms. The van der Waals surface area contributed by atoms with Crippen molar-refractivity contribution in [1.29, 1.82) is 0 Å². The van der Waals surface area contributed by atoms with Crippen LogP contribution in [0.25, 0.3) is 0 Å². The van der Waals surface area contributed by atoms with Crippen LogP contribution in [0.1, 0.15) is 80.3 Å². The van der Waals surface area contributed by atoms with Gasteiger partial charge in [-0.25, -0.2) is 9.00 Å². The minimum Gasteiger partial charge on any atom is -0.490 e. The number of rotatable bonds is 4.